The Bertz CT molecular complexity index is 247. The summed E-state index contributed by atoms with van der Waals surface area (Å²) in [4.78, 5) is 0. The minimum absolute atomic E-state index is 0.227. The molecule has 1 rings (SSSR count). The quantitative estimate of drug-likeness (QED) is 0.657. The third-order valence-corrected chi connectivity index (χ3v) is 2.43. The van der Waals surface area contributed by atoms with Gasteiger partial charge in [0.1, 0.15) is 0 Å². The predicted octanol–water partition coefficient (Wildman–Crippen LogP) is 2.38. The van der Waals surface area contributed by atoms with Gasteiger partial charge in [-0.3, -0.25) is 0 Å². The number of rotatable bonds is 1. The predicted molar refractivity (Wildman–Crippen MR) is 46.8 cm³/mol. The molecule has 0 nitrogen and oxygen atoms in total. The Morgan fingerprint density at radius 2 is 1.58 bits per heavy atom. The molecule has 0 bridgehead atoms. The van der Waals surface area contributed by atoms with Crippen molar-refractivity contribution in [3.05, 3.63) is 30.3 Å². The van der Waals surface area contributed by atoms with Crippen molar-refractivity contribution in [2.45, 2.75) is 6.08 Å². The molecule has 0 saturated carbocycles. The Morgan fingerprint density at radius 3 is 2.00 bits per heavy atom. The Hall–Kier alpha value is -0.445. The minimum Gasteiger partial charge on any atom is -0.180 e. The third kappa shape index (κ3) is 2.27. The van der Waals surface area contributed by atoms with Gasteiger partial charge in [-0.25, -0.2) is 0 Å². The number of benzene rings is 1. The second-order valence-electron chi connectivity index (χ2n) is 2.31. The summed E-state index contributed by atoms with van der Waals surface area (Å²) in [5.74, 6) is 0. The summed E-state index contributed by atoms with van der Waals surface area (Å²) in [5, 5.41) is 0. The summed E-state index contributed by atoms with van der Waals surface area (Å²) < 4.78 is 36.3. The van der Waals surface area contributed by atoms with Crippen molar-refractivity contribution in [3.8, 4) is 0 Å². The van der Waals surface area contributed by atoms with Crippen LogP contribution in [0.15, 0.2) is 30.3 Å². The molecule has 0 amide bonds. The highest BCUT2D eigenvalue weighted by Gasteiger charge is 2.42. The van der Waals surface area contributed by atoms with E-state index < -0.39 is 11.6 Å². The monoisotopic (exact) mass is 236 g/mol. The summed E-state index contributed by atoms with van der Waals surface area (Å²) in [6, 6.07) is 7.71. The van der Waals surface area contributed by atoms with E-state index in [1.807, 2.05) is 0 Å². The van der Waals surface area contributed by atoms with Gasteiger partial charge in [-0.05, 0) is 0 Å². The van der Waals surface area contributed by atoms with Crippen LogP contribution in [0.1, 0.15) is 0 Å². The zero-order valence-corrected chi connectivity index (χ0v) is 7.56. The zero-order valence-electron chi connectivity index (χ0n) is 5.98. The summed E-state index contributed by atoms with van der Waals surface area (Å²) >= 11 is 2.58. The third-order valence-electron chi connectivity index (χ3n) is 1.38. The number of alkyl halides is 3. The van der Waals surface area contributed by atoms with Crippen LogP contribution in [0.4, 0.5) is 13.2 Å². The first-order chi connectivity index (χ1) is 5.52. The van der Waals surface area contributed by atoms with Gasteiger partial charge >= 0.3 is 11.6 Å². The van der Waals surface area contributed by atoms with Crippen LogP contribution in [-0.2, 0) is 0 Å². The van der Waals surface area contributed by atoms with Crippen molar-refractivity contribution in [2.24, 2.45) is 0 Å². The van der Waals surface area contributed by atoms with Gasteiger partial charge in [-0.15, -0.1) is 15.8 Å². The summed E-state index contributed by atoms with van der Waals surface area (Å²) in [6.07, 6.45) is -4.22. The van der Waals surface area contributed by atoms with Gasteiger partial charge < -0.3 is 0 Å². The number of hydrogen-bond donors (Lipinski definition) is 0. The normalized spacial score (nSPS) is 11.3. The molecule has 0 spiro atoms. The molecule has 0 aliphatic carbocycles. The van der Waals surface area contributed by atoms with Crippen molar-refractivity contribution in [1.29, 1.82) is 0 Å². The van der Waals surface area contributed by atoms with Gasteiger partial charge in [0.25, 0.3) is 0 Å². The van der Waals surface area contributed by atoms with Crippen LogP contribution in [-0.4, -0.2) is 11.6 Å². The van der Waals surface area contributed by atoms with Gasteiger partial charge in [0, 0.05) is 0 Å². The Balaban J connectivity index is 2.86. The molecule has 0 fully saturated rings. The lowest BCUT2D eigenvalue weighted by atomic mass is 9.69. The van der Waals surface area contributed by atoms with Gasteiger partial charge in [0.2, 0.25) is 0 Å². The molecule has 0 heterocycles. The number of hydrogen-bond acceptors (Lipinski definition) is 0. The summed E-state index contributed by atoms with van der Waals surface area (Å²) in [5.41, 5.74) is -1.34. The molecule has 1 aromatic rings. The molecular weight excluding hydrogens is 232 g/mol. The average Bonchev–Trinajstić information content (AvgIpc) is 2.03. The highest BCUT2D eigenvalue weighted by molar-refractivity contribution is 9.25. The fraction of sp³-hybridized carbons (Fsp3) is 0.143. The first-order valence-corrected chi connectivity index (χ1v) is 4.19. The van der Waals surface area contributed by atoms with Gasteiger partial charge in [-0.2, -0.15) is 13.2 Å². The van der Waals surface area contributed by atoms with E-state index in [1.165, 1.54) is 12.1 Å². The SMILES string of the molecule is FC(F)(F)B(Br)c1ccccc1. The van der Waals surface area contributed by atoms with E-state index >= 15 is 0 Å². The molecule has 0 aliphatic heterocycles. The largest absolute Gasteiger partial charge is 0.381 e. The lowest BCUT2D eigenvalue weighted by Gasteiger charge is -2.10. The summed E-state index contributed by atoms with van der Waals surface area (Å²) in [6.45, 7) is 0. The molecule has 1 aromatic carbocycles. The van der Waals surface area contributed by atoms with E-state index in [-0.39, 0.29) is 5.46 Å². The first-order valence-electron chi connectivity index (χ1n) is 3.27. The lowest BCUT2D eigenvalue weighted by molar-refractivity contribution is -0.0466. The van der Waals surface area contributed by atoms with E-state index in [9.17, 15) is 13.2 Å². The van der Waals surface area contributed by atoms with Crippen LogP contribution in [0.2, 0.25) is 0 Å². The van der Waals surface area contributed by atoms with Gasteiger partial charge in [0.05, 0.1) is 0 Å². The molecule has 5 heteroatoms. The van der Waals surface area contributed by atoms with Crippen molar-refractivity contribution < 1.29 is 13.2 Å². The second kappa shape index (κ2) is 3.52. The minimum atomic E-state index is -4.22. The maximum absolute atomic E-state index is 12.1. The molecule has 0 aliphatic rings. The van der Waals surface area contributed by atoms with Crippen LogP contribution in [0.3, 0.4) is 0 Å². The van der Waals surface area contributed by atoms with Crippen LogP contribution in [0, 0.1) is 0 Å². The van der Waals surface area contributed by atoms with E-state index in [2.05, 4.69) is 15.8 Å². The van der Waals surface area contributed by atoms with E-state index in [0.717, 1.165) is 0 Å². The van der Waals surface area contributed by atoms with Crippen LogP contribution in [0.5, 0.6) is 0 Å². The topological polar surface area (TPSA) is 0 Å². The molecule has 0 radical (unpaired) electrons. The van der Waals surface area contributed by atoms with Gasteiger partial charge in [-0.1, -0.05) is 35.8 Å². The summed E-state index contributed by atoms with van der Waals surface area (Å²) in [7, 11) is 0. The van der Waals surface area contributed by atoms with E-state index in [0.29, 0.717) is 0 Å². The van der Waals surface area contributed by atoms with Crippen molar-refractivity contribution in [1.82, 2.24) is 0 Å². The molecular formula is C7H5BBrF3. The Kier molecular flexibility index (Phi) is 2.83. The molecule has 64 valence electrons. The van der Waals surface area contributed by atoms with Crippen LogP contribution >= 0.6 is 15.8 Å². The highest BCUT2D eigenvalue weighted by Crippen LogP contribution is 2.22. The Labute approximate surface area is 76.8 Å². The second-order valence-corrected chi connectivity index (χ2v) is 3.23. The van der Waals surface area contributed by atoms with Crippen molar-refractivity contribution in [2.75, 3.05) is 0 Å². The lowest BCUT2D eigenvalue weighted by Crippen LogP contribution is -2.39. The van der Waals surface area contributed by atoms with Crippen LogP contribution < -0.4 is 5.46 Å². The van der Waals surface area contributed by atoms with Gasteiger partial charge in [0.15, 0.2) is 0 Å². The molecule has 0 saturated heterocycles. The Morgan fingerprint density at radius 1 is 1.08 bits per heavy atom. The zero-order chi connectivity index (χ0) is 9.19. The molecule has 0 aromatic heterocycles. The average molecular weight is 237 g/mol. The highest BCUT2D eigenvalue weighted by atomic mass is 79.9. The fourth-order valence-electron chi connectivity index (χ4n) is 0.811. The number of halogens is 4. The molecule has 0 unspecified atom stereocenters. The van der Waals surface area contributed by atoms with Crippen LogP contribution in [0.25, 0.3) is 0 Å². The maximum Gasteiger partial charge on any atom is 0.381 e. The first kappa shape index (κ1) is 9.64. The van der Waals surface area contributed by atoms with E-state index in [4.69, 9.17) is 0 Å². The van der Waals surface area contributed by atoms with Crippen molar-refractivity contribution >= 4 is 26.8 Å². The fourth-order valence-corrected chi connectivity index (χ4v) is 1.12. The standard InChI is InChI=1S/C7H5BBrF3/c9-8(7(10,11)12)6-4-2-1-3-5-6/h1-5H. The molecule has 0 N–H and O–H groups in total. The molecule has 12 heavy (non-hydrogen) atoms. The van der Waals surface area contributed by atoms with E-state index in [1.54, 1.807) is 18.2 Å². The van der Waals surface area contributed by atoms with Crippen molar-refractivity contribution in [3.63, 3.8) is 0 Å². The molecule has 0 atom stereocenters. The smallest absolute Gasteiger partial charge is 0.180 e. The maximum atomic E-state index is 12.1.